The van der Waals surface area contributed by atoms with Crippen LogP contribution in [0.4, 0.5) is 0 Å². The Morgan fingerprint density at radius 3 is 1.62 bits per heavy atom. The summed E-state index contributed by atoms with van der Waals surface area (Å²) in [4.78, 5) is 0. The molecule has 3 aromatic rings. The maximum absolute atomic E-state index is 13.9. The zero-order chi connectivity index (χ0) is 17.0. The Bertz CT molecular complexity index is 797. The van der Waals surface area contributed by atoms with E-state index in [9.17, 15) is 4.57 Å². The molecule has 0 bridgehead atoms. The third kappa shape index (κ3) is 4.00. The van der Waals surface area contributed by atoms with Gasteiger partial charge in [0, 0.05) is 19.6 Å². The van der Waals surface area contributed by atoms with Crippen LogP contribution < -0.4 is 15.3 Å². The minimum Gasteiger partial charge on any atom is -0.485 e. The highest BCUT2D eigenvalue weighted by molar-refractivity contribution is 9.10. The molecule has 0 radical (unpaired) electrons. The van der Waals surface area contributed by atoms with Gasteiger partial charge in [0.1, 0.15) is 12.1 Å². The number of halogens is 2. The summed E-state index contributed by atoms with van der Waals surface area (Å²) >= 11 is 6.85. The summed E-state index contributed by atoms with van der Waals surface area (Å²) in [6.45, 7) is 0. The number of hydrogen-bond acceptors (Lipinski definition) is 2. The van der Waals surface area contributed by atoms with Gasteiger partial charge in [-0.05, 0) is 60.7 Å². The molecule has 0 heterocycles. The molecular weight excluding hydrogens is 451 g/mol. The van der Waals surface area contributed by atoms with Crippen LogP contribution in [-0.4, -0.2) is 6.35 Å². The lowest BCUT2D eigenvalue weighted by molar-refractivity contribution is 0.380. The van der Waals surface area contributed by atoms with Crippen molar-refractivity contribution >= 4 is 49.6 Å². The summed E-state index contributed by atoms with van der Waals surface area (Å²) in [6, 6.07) is 24.7. The quantitative estimate of drug-likeness (QED) is 0.461. The number of rotatable bonds is 5. The Balaban J connectivity index is 1.98. The van der Waals surface area contributed by atoms with E-state index in [1.807, 2.05) is 78.9 Å². The number of hydrogen-bond donors (Lipinski definition) is 0. The smallest absolute Gasteiger partial charge is 0.178 e. The predicted molar refractivity (Wildman–Crippen MR) is 107 cm³/mol. The second-order valence-electron chi connectivity index (χ2n) is 5.28. The van der Waals surface area contributed by atoms with Crippen molar-refractivity contribution in [3.63, 3.8) is 0 Å². The van der Waals surface area contributed by atoms with E-state index in [1.54, 1.807) is 0 Å². The van der Waals surface area contributed by atoms with E-state index in [-0.39, 0.29) is 6.35 Å². The highest BCUT2D eigenvalue weighted by atomic mass is 79.9. The topological polar surface area (TPSA) is 26.3 Å². The van der Waals surface area contributed by atoms with Crippen LogP contribution >= 0.6 is 39.0 Å². The second kappa shape index (κ2) is 7.69. The van der Waals surface area contributed by atoms with Crippen LogP contribution in [0.1, 0.15) is 0 Å². The molecule has 3 rings (SSSR count). The first-order valence-electron chi connectivity index (χ1n) is 7.37. The lowest BCUT2D eigenvalue weighted by atomic mass is 10.3. The molecule has 5 heteroatoms. The Morgan fingerprint density at radius 1 is 0.708 bits per heavy atom. The molecule has 0 unspecified atom stereocenters. The van der Waals surface area contributed by atoms with Gasteiger partial charge in [-0.15, -0.1) is 0 Å². The maximum atomic E-state index is 13.9. The van der Waals surface area contributed by atoms with Gasteiger partial charge in [0.15, 0.2) is 7.14 Å². The largest absolute Gasteiger partial charge is 0.485 e. The molecule has 0 amide bonds. The van der Waals surface area contributed by atoms with E-state index in [2.05, 4.69) is 31.9 Å². The zero-order valence-electron chi connectivity index (χ0n) is 12.7. The first-order chi connectivity index (χ1) is 11.6. The second-order valence-corrected chi connectivity index (χ2v) is 9.88. The van der Waals surface area contributed by atoms with Crippen molar-refractivity contribution in [2.45, 2.75) is 0 Å². The van der Waals surface area contributed by atoms with Crippen LogP contribution in [0.2, 0.25) is 0 Å². The van der Waals surface area contributed by atoms with Gasteiger partial charge >= 0.3 is 0 Å². The van der Waals surface area contributed by atoms with Gasteiger partial charge in [0.05, 0.1) is 0 Å². The summed E-state index contributed by atoms with van der Waals surface area (Å²) in [5, 5.41) is 1.56. The number of ether oxygens (including phenoxy) is 1. The van der Waals surface area contributed by atoms with Crippen LogP contribution in [0.15, 0.2) is 87.8 Å². The molecule has 24 heavy (non-hydrogen) atoms. The van der Waals surface area contributed by atoms with E-state index in [0.29, 0.717) is 5.75 Å². The van der Waals surface area contributed by atoms with Crippen molar-refractivity contribution in [3.05, 3.63) is 87.8 Å². The minimum absolute atomic E-state index is 0.125. The normalized spacial score (nSPS) is 11.2. The van der Waals surface area contributed by atoms with E-state index in [0.717, 1.165) is 19.6 Å². The fourth-order valence-electron chi connectivity index (χ4n) is 2.34. The minimum atomic E-state index is -2.89. The molecule has 0 aliphatic carbocycles. The summed E-state index contributed by atoms with van der Waals surface area (Å²) in [6.07, 6.45) is 0.125. The van der Waals surface area contributed by atoms with E-state index >= 15 is 0 Å². The molecule has 0 saturated carbocycles. The van der Waals surface area contributed by atoms with E-state index in [4.69, 9.17) is 4.74 Å². The first-order valence-corrected chi connectivity index (χ1v) is 10.8. The fourth-order valence-corrected chi connectivity index (χ4v) is 5.06. The fraction of sp³-hybridized carbons (Fsp3) is 0.0526. The van der Waals surface area contributed by atoms with Crippen LogP contribution in [0.5, 0.6) is 5.75 Å². The van der Waals surface area contributed by atoms with E-state index < -0.39 is 7.14 Å². The first kappa shape index (κ1) is 17.5. The monoisotopic (exact) mass is 464 g/mol. The highest BCUT2D eigenvalue weighted by Gasteiger charge is 2.28. The predicted octanol–water partition coefficient (Wildman–Crippen LogP) is 5.56. The molecule has 0 atom stereocenters. The van der Waals surface area contributed by atoms with Gasteiger partial charge in [-0.3, -0.25) is 0 Å². The van der Waals surface area contributed by atoms with Crippen LogP contribution in [0.3, 0.4) is 0 Å². The number of para-hydroxylation sites is 1. The van der Waals surface area contributed by atoms with Gasteiger partial charge in [-0.25, -0.2) is 0 Å². The average Bonchev–Trinajstić information content (AvgIpc) is 2.62. The van der Waals surface area contributed by atoms with Gasteiger partial charge in [0.25, 0.3) is 0 Å². The lowest BCUT2D eigenvalue weighted by Crippen LogP contribution is -2.21. The van der Waals surface area contributed by atoms with Crippen LogP contribution in [0.25, 0.3) is 0 Å². The summed E-state index contributed by atoms with van der Waals surface area (Å²) in [5.41, 5.74) is 0. The SMILES string of the molecule is O=P(COc1ccccc1)(c1ccc(Br)cc1)c1ccc(Br)cc1. The standard InChI is InChI=1S/C19H15Br2O2P/c20-15-6-10-18(11-7-15)24(22,19-12-8-16(21)9-13-19)14-23-17-4-2-1-3-5-17/h1-13H,14H2. The summed E-state index contributed by atoms with van der Waals surface area (Å²) < 4.78 is 21.6. The molecule has 0 N–H and O–H groups in total. The molecule has 0 saturated heterocycles. The Hall–Kier alpha value is -1.35. The number of benzene rings is 3. The zero-order valence-corrected chi connectivity index (χ0v) is 16.8. The Morgan fingerprint density at radius 2 is 1.17 bits per heavy atom. The van der Waals surface area contributed by atoms with Crippen molar-refractivity contribution in [2.75, 3.05) is 6.35 Å². The molecule has 122 valence electrons. The molecular formula is C19H15Br2O2P. The molecule has 2 nitrogen and oxygen atoms in total. The summed E-state index contributed by atoms with van der Waals surface area (Å²) in [5.74, 6) is 0.715. The Kier molecular flexibility index (Phi) is 5.60. The van der Waals surface area contributed by atoms with Gasteiger partial charge in [0.2, 0.25) is 0 Å². The average molecular weight is 466 g/mol. The Labute approximate surface area is 158 Å². The van der Waals surface area contributed by atoms with Crippen molar-refractivity contribution < 1.29 is 9.30 Å². The van der Waals surface area contributed by atoms with Crippen LogP contribution in [0, 0.1) is 0 Å². The highest BCUT2D eigenvalue weighted by Crippen LogP contribution is 2.43. The van der Waals surface area contributed by atoms with Crippen LogP contribution in [-0.2, 0) is 4.57 Å². The summed E-state index contributed by atoms with van der Waals surface area (Å²) in [7, 11) is -2.89. The van der Waals surface area contributed by atoms with Gasteiger partial charge < -0.3 is 9.30 Å². The van der Waals surface area contributed by atoms with Gasteiger partial charge in [-0.1, -0.05) is 50.1 Å². The van der Waals surface area contributed by atoms with Crippen molar-refractivity contribution in [3.8, 4) is 5.75 Å². The van der Waals surface area contributed by atoms with Gasteiger partial charge in [-0.2, -0.15) is 0 Å². The van der Waals surface area contributed by atoms with Crippen molar-refractivity contribution in [1.29, 1.82) is 0 Å². The van der Waals surface area contributed by atoms with E-state index in [1.165, 1.54) is 0 Å². The van der Waals surface area contributed by atoms with Crippen molar-refractivity contribution in [2.24, 2.45) is 0 Å². The lowest BCUT2D eigenvalue weighted by Gasteiger charge is -2.20. The third-order valence-electron chi connectivity index (χ3n) is 3.64. The molecule has 0 aliphatic rings. The molecule has 0 aliphatic heterocycles. The molecule has 0 spiro atoms. The van der Waals surface area contributed by atoms with Crippen molar-refractivity contribution in [1.82, 2.24) is 0 Å². The maximum Gasteiger partial charge on any atom is 0.178 e. The molecule has 3 aromatic carbocycles. The third-order valence-corrected chi connectivity index (χ3v) is 7.46. The molecule has 0 aromatic heterocycles. The molecule has 0 fully saturated rings.